The zero-order valence-corrected chi connectivity index (χ0v) is 10.7. The lowest BCUT2D eigenvalue weighted by Crippen LogP contribution is -2.28. The molecule has 17 heavy (non-hydrogen) atoms. The Morgan fingerprint density at radius 1 is 1.29 bits per heavy atom. The third kappa shape index (κ3) is 3.58. The van der Waals surface area contributed by atoms with Gasteiger partial charge in [-0.3, -0.25) is 0 Å². The first kappa shape index (κ1) is 12.7. The van der Waals surface area contributed by atoms with Crippen LogP contribution in [0.3, 0.4) is 0 Å². The highest BCUT2D eigenvalue weighted by Crippen LogP contribution is 2.29. The summed E-state index contributed by atoms with van der Waals surface area (Å²) in [6.07, 6.45) is 6.52. The molecule has 2 unspecified atom stereocenters. The summed E-state index contributed by atoms with van der Waals surface area (Å²) in [7, 11) is 0. The fourth-order valence-electron chi connectivity index (χ4n) is 2.51. The van der Waals surface area contributed by atoms with Crippen molar-refractivity contribution in [1.29, 1.82) is 0 Å². The average Bonchev–Trinajstić information content (AvgIpc) is 2.38. The van der Waals surface area contributed by atoms with Crippen LogP contribution in [-0.2, 0) is 0 Å². The molecule has 1 aromatic heterocycles. The topological polar surface area (TPSA) is 45.1 Å². The Morgan fingerprint density at radius 3 is 2.71 bits per heavy atom. The number of pyridine rings is 1. The van der Waals surface area contributed by atoms with E-state index in [0.717, 1.165) is 18.8 Å². The molecule has 0 bridgehead atoms. The van der Waals surface area contributed by atoms with Crippen LogP contribution in [0.1, 0.15) is 25.7 Å². The van der Waals surface area contributed by atoms with Crippen molar-refractivity contribution in [3.63, 3.8) is 0 Å². The van der Waals surface area contributed by atoms with E-state index in [1.54, 1.807) is 6.20 Å². The highest BCUT2D eigenvalue weighted by Gasteiger charge is 2.24. The molecular formula is C13H19ClN2O. The minimum Gasteiger partial charge on any atom is -0.396 e. The summed E-state index contributed by atoms with van der Waals surface area (Å²) in [4.78, 5) is 4.21. The Kier molecular flexibility index (Phi) is 4.63. The number of hydrogen-bond donors (Lipinski definition) is 2. The molecule has 4 heteroatoms. The van der Waals surface area contributed by atoms with Crippen LogP contribution in [0.2, 0.25) is 5.02 Å². The summed E-state index contributed by atoms with van der Waals surface area (Å²) in [5, 5.41) is 13.3. The number of rotatable bonds is 4. The second-order valence-corrected chi connectivity index (χ2v) is 5.17. The van der Waals surface area contributed by atoms with E-state index in [9.17, 15) is 5.11 Å². The zero-order valence-electron chi connectivity index (χ0n) is 9.90. The lowest BCUT2D eigenvalue weighted by Gasteiger charge is -2.30. The van der Waals surface area contributed by atoms with Gasteiger partial charge in [0.25, 0.3) is 0 Å². The molecule has 2 atom stereocenters. The number of aromatic nitrogens is 1. The molecule has 0 amide bonds. The Hall–Kier alpha value is -0.800. The molecule has 1 aromatic rings. The van der Waals surface area contributed by atoms with E-state index >= 15 is 0 Å². The largest absolute Gasteiger partial charge is 0.396 e. The minimum absolute atomic E-state index is 0.306. The van der Waals surface area contributed by atoms with E-state index < -0.39 is 0 Å². The number of hydrogen-bond acceptors (Lipinski definition) is 3. The number of aliphatic hydroxyl groups excluding tert-OH is 1. The van der Waals surface area contributed by atoms with Gasteiger partial charge in [0, 0.05) is 19.3 Å². The van der Waals surface area contributed by atoms with Crippen molar-refractivity contribution < 1.29 is 5.11 Å². The Labute approximate surface area is 107 Å². The van der Waals surface area contributed by atoms with Crippen LogP contribution >= 0.6 is 11.6 Å². The molecule has 1 aliphatic carbocycles. The number of nitrogens with zero attached hydrogens (tertiary/aromatic N) is 1. The molecule has 2 N–H and O–H groups in total. The summed E-state index contributed by atoms with van der Waals surface area (Å²) in [6.45, 7) is 1.19. The van der Waals surface area contributed by atoms with Crippen molar-refractivity contribution in [2.45, 2.75) is 25.7 Å². The first-order valence-electron chi connectivity index (χ1n) is 6.26. The number of nitrogens with one attached hydrogen (secondary N) is 1. The van der Waals surface area contributed by atoms with Gasteiger partial charge < -0.3 is 10.4 Å². The third-order valence-corrected chi connectivity index (χ3v) is 3.80. The van der Waals surface area contributed by atoms with Crippen LogP contribution in [0, 0.1) is 11.8 Å². The molecule has 0 aromatic carbocycles. The molecule has 0 spiro atoms. The van der Waals surface area contributed by atoms with E-state index in [1.807, 2.05) is 12.1 Å². The van der Waals surface area contributed by atoms with Gasteiger partial charge in [0.05, 0.1) is 5.02 Å². The van der Waals surface area contributed by atoms with Crippen molar-refractivity contribution in [1.82, 2.24) is 4.98 Å². The maximum atomic E-state index is 9.33. The van der Waals surface area contributed by atoms with Crippen LogP contribution in [-0.4, -0.2) is 23.2 Å². The highest BCUT2D eigenvalue weighted by atomic mass is 35.5. The van der Waals surface area contributed by atoms with Crippen molar-refractivity contribution in [2.75, 3.05) is 18.5 Å². The lowest BCUT2D eigenvalue weighted by atomic mass is 9.79. The fraction of sp³-hybridized carbons (Fsp3) is 0.615. The van der Waals surface area contributed by atoms with Gasteiger partial charge >= 0.3 is 0 Å². The maximum absolute atomic E-state index is 9.33. The van der Waals surface area contributed by atoms with Crippen LogP contribution in [0.5, 0.6) is 0 Å². The van der Waals surface area contributed by atoms with Gasteiger partial charge in [-0.2, -0.15) is 0 Å². The summed E-state index contributed by atoms with van der Waals surface area (Å²) < 4.78 is 0. The first-order valence-corrected chi connectivity index (χ1v) is 6.63. The molecule has 3 nitrogen and oxygen atoms in total. The lowest BCUT2D eigenvalue weighted by molar-refractivity contribution is 0.141. The van der Waals surface area contributed by atoms with E-state index in [-0.39, 0.29) is 0 Å². The number of aliphatic hydroxyl groups is 1. The van der Waals surface area contributed by atoms with Gasteiger partial charge in [-0.15, -0.1) is 0 Å². The molecule has 1 fully saturated rings. The maximum Gasteiger partial charge on any atom is 0.125 e. The summed E-state index contributed by atoms with van der Waals surface area (Å²) >= 11 is 5.78. The van der Waals surface area contributed by atoms with Crippen LogP contribution < -0.4 is 5.32 Å². The second-order valence-electron chi connectivity index (χ2n) is 4.73. The summed E-state index contributed by atoms with van der Waals surface area (Å²) in [5.41, 5.74) is 0. The predicted octanol–water partition coefficient (Wildman–Crippen LogP) is 2.95. The van der Waals surface area contributed by atoms with Crippen LogP contribution in [0.15, 0.2) is 18.3 Å². The van der Waals surface area contributed by atoms with Gasteiger partial charge in [-0.1, -0.05) is 24.4 Å². The molecule has 1 heterocycles. The smallest absolute Gasteiger partial charge is 0.125 e. The number of halogens is 1. The van der Waals surface area contributed by atoms with Crippen molar-refractivity contribution in [3.05, 3.63) is 23.4 Å². The van der Waals surface area contributed by atoms with E-state index in [2.05, 4.69) is 10.3 Å². The molecule has 0 saturated heterocycles. The molecule has 2 rings (SSSR count). The molecule has 0 radical (unpaired) electrons. The van der Waals surface area contributed by atoms with Crippen LogP contribution in [0.4, 0.5) is 5.82 Å². The molecular weight excluding hydrogens is 236 g/mol. The van der Waals surface area contributed by atoms with Gasteiger partial charge in [-0.25, -0.2) is 4.98 Å². The monoisotopic (exact) mass is 254 g/mol. The zero-order chi connectivity index (χ0) is 12.1. The minimum atomic E-state index is 0.306. The van der Waals surface area contributed by atoms with Crippen molar-refractivity contribution in [3.8, 4) is 0 Å². The Morgan fingerprint density at radius 2 is 2.06 bits per heavy atom. The SMILES string of the molecule is OCC1CCCCC1CNc1ccc(Cl)cn1. The normalized spacial score (nSPS) is 24.6. The summed E-state index contributed by atoms with van der Waals surface area (Å²) in [5.74, 6) is 1.87. The first-order chi connectivity index (χ1) is 8.29. The Balaban J connectivity index is 1.86. The van der Waals surface area contributed by atoms with Gasteiger partial charge in [0.2, 0.25) is 0 Å². The summed E-state index contributed by atoms with van der Waals surface area (Å²) in [6, 6.07) is 3.72. The van der Waals surface area contributed by atoms with Crippen molar-refractivity contribution in [2.24, 2.45) is 11.8 Å². The standard InChI is InChI=1S/C13H19ClN2O/c14-12-5-6-13(16-8-12)15-7-10-3-1-2-4-11(10)9-17/h5-6,8,10-11,17H,1-4,7,9H2,(H,15,16). The highest BCUT2D eigenvalue weighted by molar-refractivity contribution is 6.30. The van der Waals surface area contributed by atoms with Crippen molar-refractivity contribution >= 4 is 17.4 Å². The van der Waals surface area contributed by atoms with Gasteiger partial charge in [0.15, 0.2) is 0 Å². The Bertz CT molecular complexity index is 342. The van der Waals surface area contributed by atoms with Gasteiger partial charge in [-0.05, 0) is 36.8 Å². The molecule has 1 saturated carbocycles. The molecule has 94 valence electrons. The number of anilines is 1. The molecule has 0 aliphatic heterocycles. The predicted molar refractivity (Wildman–Crippen MR) is 70.3 cm³/mol. The average molecular weight is 255 g/mol. The fourth-order valence-corrected chi connectivity index (χ4v) is 2.62. The van der Waals surface area contributed by atoms with E-state index in [4.69, 9.17) is 11.6 Å². The van der Waals surface area contributed by atoms with E-state index in [0.29, 0.717) is 23.5 Å². The second kappa shape index (κ2) is 6.22. The van der Waals surface area contributed by atoms with E-state index in [1.165, 1.54) is 19.3 Å². The van der Waals surface area contributed by atoms with Crippen LogP contribution in [0.25, 0.3) is 0 Å². The molecule has 1 aliphatic rings. The van der Waals surface area contributed by atoms with Gasteiger partial charge in [0.1, 0.15) is 5.82 Å². The third-order valence-electron chi connectivity index (χ3n) is 3.57. The quantitative estimate of drug-likeness (QED) is 0.868.